The van der Waals surface area contributed by atoms with Crippen LogP contribution in [-0.4, -0.2) is 36.9 Å². The molecule has 0 radical (unpaired) electrons. The van der Waals surface area contributed by atoms with E-state index in [0.717, 1.165) is 17.5 Å². The van der Waals surface area contributed by atoms with Crippen LogP contribution in [0, 0.1) is 13.8 Å². The fraction of sp³-hybridized carbons (Fsp3) is 0.391. The maximum absolute atomic E-state index is 12.5. The van der Waals surface area contributed by atoms with Gasteiger partial charge in [-0.15, -0.1) is 0 Å². The van der Waals surface area contributed by atoms with Crippen molar-refractivity contribution in [3.05, 3.63) is 70.8 Å². The Kier molecular flexibility index (Phi) is 6.47. The van der Waals surface area contributed by atoms with E-state index in [0.29, 0.717) is 17.5 Å². The molecule has 1 aliphatic rings. The number of hydrogen-bond acceptors (Lipinski definition) is 5. The SMILES string of the molecule is CC[C@H]1C[C@H](OC(=O)c2ccc(C)cc2)[C@@H](COC(=O)c2ccc(C)cc2)O1. The molecule has 5 nitrogen and oxygen atoms in total. The minimum Gasteiger partial charge on any atom is -0.459 e. The zero-order valence-electron chi connectivity index (χ0n) is 16.5. The summed E-state index contributed by atoms with van der Waals surface area (Å²) in [6.45, 7) is 5.99. The van der Waals surface area contributed by atoms with Gasteiger partial charge in [0.25, 0.3) is 0 Å². The summed E-state index contributed by atoms with van der Waals surface area (Å²) in [6.07, 6.45) is 0.485. The molecule has 2 aromatic rings. The lowest BCUT2D eigenvalue weighted by Crippen LogP contribution is -2.32. The normalized spacial score (nSPS) is 21.3. The number of carbonyl (C=O) groups excluding carboxylic acids is 2. The average Bonchev–Trinajstić information content (AvgIpc) is 3.09. The van der Waals surface area contributed by atoms with Crippen molar-refractivity contribution in [3.63, 3.8) is 0 Å². The molecule has 1 fully saturated rings. The lowest BCUT2D eigenvalue weighted by atomic mass is 10.1. The van der Waals surface area contributed by atoms with Crippen molar-refractivity contribution in [3.8, 4) is 0 Å². The number of aryl methyl sites for hydroxylation is 2. The van der Waals surface area contributed by atoms with E-state index < -0.39 is 18.2 Å². The average molecular weight is 382 g/mol. The molecule has 0 amide bonds. The maximum Gasteiger partial charge on any atom is 0.338 e. The lowest BCUT2D eigenvalue weighted by Gasteiger charge is -2.19. The number of carbonyl (C=O) groups is 2. The summed E-state index contributed by atoms with van der Waals surface area (Å²) in [4.78, 5) is 24.7. The van der Waals surface area contributed by atoms with Crippen LogP contribution in [0.3, 0.4) is 0 Å². The Morgan fingerprint density at radius 1 is 0.929 bits per heavy atom. The Bertz CT molecular complexity index is 810. The molecule has 0 aromatic heterocycles. The van der Waals surface area contributed by atoms with Gasteiger partial charge in [0.05, 0.1) is 17.2 Å². The van der Waals surface area contributed by atoms with Crippen molar-refractivity contribution in [2.45, 2.75) is 51.9 Å². The molecule has 28 heavy (non-hydrogen) atoms. The van der Waals surface area contributed by atoms with Gasteiger partial charge in [0, 0.05) is 6.42 Å². The molecule has 0 bridgehead atoms. The summed E-state index contributed by atoms with van der Waals surface area (Å²) in [5.41, 5.74) is 3.14. The third kappa shape index (κ3) is 4.98. The van der Waals surface area contributed by atoms with Crippen molar-refractivity contribution in [1.29, 1.82) is 0 Å². The van der Waals surface area contributed by atoms with Crippen LogP contribution >= 0.6 is 0 Å². The molecule has 1 heterocycles. The van der Waals surface area contributed by atoms with E-state index >= 15 is 0 Å². The van der Waals surface area contributed by atoms with Gasteiger partial charge in [-0.3, -0.25) is 0 Å². The first-order valence-electron chi connectivity index (χ1n) is 9.63. The smallest absolute Gasteiger partial charge is 0.338 e. The second-order valence-electron chi connectivity index (χ2n) is 7.21. The van der Waals surface area contributed by atoms with Gasteiger partial charge in [-0.1, -0.05) is 42.3 Å². The Morgan fingerprint density at radius 2 is 1.46 bits per heavy atom. The van der Waals surface area contributed by atoms with E-state index in [4.69, 9.17) is 14.2 Å². The molecule has 1 aliphatic heterocycles. The van der Waals surface area contributed by atoms with E-state index in [9.17, 15) is 9.59 Å². The highest BCUT2D eigenvalue weighted by Crippen LogP contribution is 2.27. The van der Waals surface area contributed by atoms with Gasteiger partial charge in [-0.05, 0) is 44.5 Å². The third-order valence-corrected chi connectivity index (χ3v) is 4.94. The standard InChI is InChI=1S/C23H26O5/c1-4-19-13-20(28-23(25)18-11-7-16(3)8-12-18)21(27-19)14-26-22(24)17-9-5-15(2)6-10-17/h5-12,19-21H,4,13-14H2,1-3H3/t19-,20-,21+/m0/s1. The second-order valence-corrected chi connectivity index (χ2v) is 7.21. The first kappa shape index (κ1) is 20.1. The molecule has 3 atom stereocenters. The van der Waals surface area contributed by atoms with Crippen LogP contribution in [0.15, 0.2) is 48.5 Å². The van der Waals surface area contributed by atoms with E-state index in [1.54, 1.807) is 24.3 Å². The van der Waals surface area contributed by atoms with Gasteiger partial charge in [0.15, 0.2) is 0 Å². The Morgan fingerprint density at radius 3 is 2.00 bits per heavy atom. The van der Waals surface area contributed by atoms with E-state index in [1.165, 1.54) is 0 Å². The van der Waals surface area contributed by atoms with E-state index in [-0.39, 0.29) is 18.7 Å². The fourth-order valence-corrected chi connectivity index (χ4v) is 3.16. The summed E-state index contributed by atoms with van der Waals surface area (Å²) in [5, 5.41) is 0. The fourth-order valence-electron chi connectivity index (χ4n) is 3.16. The molecule has 1 saturated heterocycles. The predicted molar refractivity (Wildman–Crippen MR) is 105 cm³/mol. The predicted octanol–water partition coefficient (Wildman–Crippen LogP) is 4.25. The van der Waals surface area contributed by atoms with Crippen LogP contribution in [-0.2, 0) is 14.2 Å². The Labute approximate surface area is 165 Å². The molecule has 0 aliphatic carbocycles. The minimum absolute atomic E-state index is 0.0149. The van der Waals surface area contributed by atoms with E-state index in [1.807, 2.05) is 45.0 Å². The number of ether oxygens (including phenoxy) is 3. The largest absolute Gasteiger partial charge is 0.459 e. The van der Waals surface area contributed by atoms with Gasteiger partial charge in [-0.25, -0.2) is 9.59 Å². The first-order valence-corrected chi connectivity index (χ1v) is 9.63. The highest BCUT2D eigenvalue weighted by atomic mass is 16.6. The summed E-state index contributed by atoms with van der Waals surface area (Å²) in [7, 11) is 0. The quantitative estimate of drug-likeness (QED) is 0.699. The number of hydrogen-bond donors (Lipinski definition) is 0. The van der Waals surface area contributed by atoms with Crippen LogP contribution in [0.25, 0.3) is 0 Å². The van der Waals surface area contributed by atoms with Crippen molar-refractivity contribution >= 4 is 11.9 Å². The topological polar surface area (TPSA) is 61.8 Å². The summed E-state index contributed by atoms with van der Waals surface area (Å²) < 4.78 is 17.0. The summed E-state index contributed by atoms with van der Waals surface area (Å²) >= 11 is 0. The highest BCUT2D eigenvalue weighted by molar-refractivity contribution is 5.90. The van der Waals surface area contributed by atoms with Crippen molar-refractivity contribution < 1.29 is 23.8 Å². The Hall–Kier alpha value is -2.66. The molecule has 0 saturated carbocycles. The van der Waals surface area contributed by atoms with Crippen LogP contribution < -0.4 is 0 Å². The molecule has 5 heteroatoms. The van der Waals surface area contributed by atoms with Gasteiger partial charge < -0.3 is 14.2 Å². The van der Waals surface area contributed by atoms with Crippen molar-refractivity contribution in [2.75, 3.05) is 6.61 Å². The van der Waals surface area contributed by atoms with Crippen molar-refractivity contribution in [1.82, 2.24) is 0 Å². The molecule has 0 N–H and O–H groups in total. The maximum atomic E-state index is 12.5. The summed E-state index contributed by atoms with van der Waals surface area (Å²) in [5.74, 6) is -0.799. The third-order valence-electron chi connectivity index (χ3n) is 4.94. The van der Waals surface area contributed by atoms with Gasteiger partial charge in [-0.2, -0.15) is 0 Å². The molecule has 0 spiro atoms. The zero-order valence-corrected chi connectivity index (χ0v) is 16.5. The van der Waals surface area contributed by atoms with Crippen LogP contribution in [0.1, 0.15) is 51.6 Å². The van der Waals surface area contributed by atoms with Crippen LogP contribution in [0.2, 0.25) is 0 Å². The molecular weight excluding hydrogens is 356 g/mol. The molecular formula is C23H26O5. The van der Waals surface area contributed by atoms with Gasteiger partial charge in [0.1, 0.15) is 18.8 Å². The second kappa shape index (κ2) is 9.02. The minimum atomic E-state index is -0.464. The monoisotopic (exact) mass is 382 g/mol. The molecule has 2 aromatic carbocycles. The van der Waals surface area contributed by atoms with Crippen LogP contribution in [0.4, 0.5) is 0 Å². The Balaban J connectivity index is 1.61. The number of esters is 2. The molecule has 148 valence electrons. The number of rotatable bonds is 6. The summed E-state index contributed by atoms with van der Waals surface area (Å²) in [6, 6.07) is 14.4. The molecule has 3 rings (SSSR count). The lowest BCUT2D eigenvalue weighted by molar-refractivity contribution is -0.0425. The first-order chi connectivity index (χ1) is 13.5. The van der Waals surface area contributed by atoms with E-state index in [2.05, 4.69) is 0 Å². The highest BCUT2D eigenvalue weighted by Gasteiger charge is 2.38. The zero-order chi connectivity index (χ0) is 20.1. The number of benzene rings is 2. The van der Waals surface area contributed by atoms with Crippen LogP contribution in [0.5, 0.6) is 0 Å². The van der Waals surface area contributed by atoms with Gasteiger partial charge in [0.2, 0.25) is 0 Å². The molecule has 0 unspecified atom stereocenters. The van der Waals surface area contributed by atoms with Crippen molar-refractivity contribution in [2.24, 2.45) is 0 Å². The van der Waals surface area contributed by atoms with Gasteiger partial charge >= 0.3 is 11.9 Å².